The third kappa shape index (κ3) is 6.32. The molecule has 0 saturated carbocycles. The molecule has 3 aromatic rings. The zero-order valence-electron chi connectivity index (χ0n) is 18.7. The van der Waals surface area contributed by atoms with Gasteiger partial charge in [-0.15, -0.1) is 0 Å². The zero-order chi connectivity index (χ0) is 24.9. The van der Waals surface area contributed by atoms with Crippen LogP contribution < -0.4 is 0 Å². The second kappa shape index (κ2) is 11.0. The molecule has 1 aromatic carbocycles. The van der Waals surface area contributed by atoms with Crippen LogP contribution in [0.25, 0.3) is 16.9 Å². The number of hydrogen-bond donors (Lipinski definition) is 0. The molecule has 11 heteroatoms. The van der Waals surface area contributed by atoms with Gasteiger partial charge in [0.15, 0.2) is 17.6 Å². The molecule has 1 aliphatic heterocycles. The second-order valence-corrected chi connectivity index (χ2v) is 8.25. The lowest BCUT2D eigenvalue weighted by molar-refractivity contribution is -0.149. The SMILES string of the molecule is CCOC(=O)C1CCN(C)CC1.O=Cc1cc2nc(-c3ccc(Cl)cc3)cc(C(F)(F)F)n2n1. The number of esters is 1. The molecular formula is C23H24ClF3N4O3. The van der Waals surface area contributed by atoms with Gasteiger partial charge in [-0.3, -0.25) is 9.59 Å². The van der Waals surface area contributed by atoms with Gasteiger partial charge in [0, 0.05) is 16.7 Å². The predicted molar refractivity (Wildman–Crippen MR) is 121 cm³/mol. The van der Waals surface area contributed by atoms with Crippen LogP contribution in [0.3, 0.4) is 0 Å². The summed E-state index contributed by atoms with van der Waals surface area (Å²) in [5, 5.41) is 4.06. The van der Waals surface area contributed by atoms with Crippen molar-refractivity contribution >= 4 is 29.5 Å². The van der Waals surface area contributed by atoms with E-state index in [-0.39, 0.29) is 28.9 Å². The Hall–Kier alpha value is -2.98. The molecule has 0 unspecified atom stereocenters. The minimum Gasteiger partial charge on any atom is -0.466 e. The number of aromatic nitrogens is 3. The number of hydrogen-bond acceptors (Lipinski definition) is 6. The zero-order valence-corrected chi connectivity index (χ0v) is 19.4. The summed E-state index contributed by atoms with van der Waals surface area (Å²) in [6.07, 6.45) is -2.35. The summed E-state index contributed by atoms with van der Waals surface area (Å²) in [6, 6.07) is 8.34. The fourth-order valence-corrected chi connectivity index (χ4v) is 3.65. The van der Waals surface area contributed by atoms with Gasteiger partial charge >= 0.3 is 12.1 Å². The van der Waals surface area contributed by atoms with Gasteiger partial charge in [0.1, 0.15) is 5.69 Å². The first kappa shape index (κ1) is 25.6. The van der Waals surface area contributed by atoms with Gasteiger partial charge in [-0.05, 0) is 58.1 Å². The highest BCUT2D eigenvalue weighted by molar-refractivity contribution is 6.30. The van der Waals surface area contributed by atoms with E-state index in [0.717, 1.165) is 32.0 Å². The average Bonchev–Trinajstić information content (AvgIpc) is 3.22. The van der Waals surface area contributed by atoms with Crippen molar-refractivity contribution in [3.63, 3.8) is 0 Å². The van der Waals surface area contributed by atoms with E-state index in [1.54, 1.807) is 24.3 Å². The topological polar surface area (TPSA) is 76.8 Å². The van der Waals surface area contributed by atoms with E-state index in [2.05, 4.69) is 22.0 Å². The summed E-state index contributed by atoms with van der Waals surface area (Å²) in [5.41, 5.74) is -0.580. The monoisotopic (exact) mass is 496 g/mol. The summed E-state index contributed by atoms with van der Waals surface area (Å²) in [5.74, 6) is 0.145. The van der Waals surface area contributed by atoms with Crippen LogP contribution in [0.5, 0.6) is 0 Å². The maximum Gasteiger partial charge on any atom is 0.433 e. The van der Waals surface area contributed by atoms with E-state index in [4.69, 9.17) is 16.3 Å². The van der Waals surface area contributed by atoms with Crippen molar-refractivity contribution in [2.45, 2.75) is 25.9 Å². The molecule has 2 aromatic heterocycles. The Kier molecular flexibility index (Phi) is 8.27. The Bertz CT molecular complexity index is 1140. The predicted octanol–water partition coefficient (Wildman–Crippen LogP) is 4.77. The van der Waals surface area contributed by atoms with Gasteiger partial charge in [0.2, 0.25) is 0 Å². The Morgan fingerprint density at radius 3 is 2.41 bits per heavy atom. The number of carbonyl (C=O) groups excluding carboxylic acids is 2. The first-order valence-electron chi connectivity index (χ1n) is 10.7. The van der Waals surface area contributed by atoms with Gasteiger partial charge in [-0.2, -0.15) is 18.3 Å². The van der Waals surface area contributed by atoms with Crippen LogP contribution in [0.1, 0.15) is 35.9 Å². The molecule has 1 saturated heterocycles. The molecule has 1 fully saturated rings. The third-order valence-electron chi connectivity index (χ3n) is 5.34. The Morgan fingerprint density at radius 1 is 1.21 bits per heavy atom. The van der Waals surface area contributed by atoms with E-state index < -0.39 is 11.9 Å². The first-order chi connectivity index (χ1) is 16.1. The smallest absolute Gasteiger partial charge is 0.433 e. The van der Waals surface area contributed by atoms with Crippen LogP contribution in [-0.2, 0) is 15.7 Å². The molecule has 0 spiro atoms. The summed E-state index contributed by atoms with van der Waals surface area (Å²) < 4.78 is 45.2. The van der Waals surface area contributed by atoms with Gasteiger partial charge in [-0.1, -0.05) is 23.7 Å². The summed E-state index contributed by atoms with van der Waals surface area (Å²) in [7, 11) is 2.08. The van der Waals surface area contributed by atoms with Crippen molar-refractivity contribution in [2.75, 3.05) is 26.7 Å². The lowest BCUT2D eigenvalue weighted by Gasteiger charge is -2.27. The van der Waals surface area contributed by atoms with Crippen LogP contribution in [0.4, 0.5) is 13.2 Å². The van der Waals surface area contributed by atoms with Crippen LogP contribution in [-0.4, -0.2) is 58.5 Å². The number of rotatable bonds is 4. The maximum absolute atomic E-state index is 13.2. The standard InChI is InChI=1S/C14H7ClF3N3O.C9H17NO2/c15-9-3-1-8(2-4-9)11-6-12(14(16,17)18)21-13(19-11)5-10(7-22)20-21;1-3-12-9(11)8-4-6-10(2)7-5-8/h1-7H;8H,3-7H2,1-2H3. The summed E-state index contributed by atoms with van der Waals surface area (Å²) in [4.78, 5) is 28.4. The highest BCUT2D eigenvalue weighted by Gasteiger charge is 2.35. The minimum absolute atomic E-state index is 0.00870. The fourth-order valence-electron chi connectivity index (χ4n) is 3.52. The van der Waals surface area contributed by atoms with Crippen molar-refractivity contribution in [3.05, 3.63) is 52.8 Å². The Morgan fingerprint density at radius 2 is 1.85 bits per heavy atom. The van der Waals surface area contributed by atoms with Crippen LogP contribution in [0.15, 0.2) is 36.4 Å². The lowest BCUT2D eigenvalue weighted by Crippen LogP contribution is -2.34. The second-order valence-electron chi connectivity index (χ2n) is 7.82. The number of piperidine rings is 1. The normalized spacial score (nSPS) is 15.0. The van der Waals surface area contributed by atoms with E-state index >= 15 is 0 Å². The minimum atomic E-state index is -4.63. The first-order valence-corrected chi connectivity index (χ1v) is 11.0. The molecule has 0 aliphatic carbocycles. The van der Waals surface area contributed by atoms with Crippen molar-refractivity contribution < 1.29 is 27.5 Å². The number of alkyl halides is 3. The van der Waals surface area contributed by atoms with Gasteiger partial charge in [0.25, 0.3) is 0 Å². The third-order valence-corrected chi connectivity index (χ3v) is 5.59. The quantitative estimate of drug-likeness (QED) is 0.382. The molecule has 0 atom stereocenters. The molecule has 0 amide bonds. The molecule has 7 nitrogen and oxygen atoms in total. The number of halogens is 4. The Labute approximate surface area is 199 Å². The number of fused-ring (bicyclic) bond motifs is 1. The largest absolute Gasteiger partial charge is 0.466 e. The molecule has 1 aliphatic rings. The number of aldehydes is 1. The molecule has 4 rings (SSSR count). The molecule has 0 N–H and O–H groups in total. The number of nitrogens with zero attached hydrogens (tertiary/aromatic N) is 4. The summed E-state index contributed by atoms with van der Waals surface area (Å²) in [6.45, 7) is 4.39. The molecule has 34 heavy (non-hydrogen) atoms. The van der Waals surface area contributed by atoms with Crippen LogP contribution in [0.2, 0.25) is 5.02 Å². The molecule has 0 radical (unpaired) electrons. The van der Waals surface area contributed by atoms with Crippen LogP contribution in [0, 0.1) is 5.92 Å². The van der Waals surface area contributed by atoms with E-state index in [1.807, 2.05) is 6.92 Å². The Balaban J connectivity index is 0.000000229. The van der Waals surface area contributed by atoms with Gasteiger partial charge < -0.3 is 9.64 Å². The van der Waals surface area contributed by atoms with Crippen molar-refractivity contribution in [1.82, 2.24) is 19.5 Å². The average molecular weight is 497 g/mol. The maximum atomic E-state index is 13.2. The lowest BCUT2D eigenvalue weighted by atomic mass is 9.97. The summed E-state index contributed by atoms with van der Waals surface area (Å²) >= 11 is 5.77. The van der Waals surface area contributed by atoms with E-state index in [9.17, 15) is 22.8 Å². The fraction of sp³-hybridized carbons (Fsp3) is 0.391. The number of carbonyl (C=O) groups is 2. The molecule has 182 valence electrons. The van der Waals surface area contributed by atoms with E-state index in [1.165, 1.54) is 6.07 Å². The van der Waals surface area contributed by atoms with Gasteiger partial charge in [-0.25, -0.2) is 9.50 Å². The van der Waals surface area contributed by atoms with Crippen molar-refractivity contribution in [3.8, 4) is 11.3 Å². The van der Waals surface area contributed by atoms with Crippen molar-refractivity contribution in [2.24, 2.45) is 5.92 Å². The number of benzene rings is 1. The molecular weight excluding hydrogens is 473 g/mol. The molecule has 3 heterocycles. The van der Waals surface area contributed by atoms with E-state index in [0.29, 0.717) is 28.0 Å². The highest BCUT2D eigenvalue weighted by atomic mass is 35.5. The highest BCUT2D eigenvalue weighted by Crippen LogP contribution is 2.32. The molecule has 0 bridgehead atoms. The van der Waals surface area contributed by atoms with Crippen molar-refractivity contribution in [1.29, 1.82) is 0 Å². The van der Waals surface area contributed by atoms with Crippen LogP contribution >= 0.6 is 11.6 Å². The number of likely N-dealkylation sites (tertiary alicyclic amines) is 1. The van der Waals surface area contributed by atoms with Gasteiger partial charge in [0.05, 0.1) is 18.2 Å². The number of ether oxygens (including phenoxy) is 1.